The van der Waals surface area contributed by atoms with Gasteiger partial charge in [-0.15, -0.1) is 0 Å². The first-order valence-corrected chi connectivity index (χ1v) is 9.18. The van der Waals surface area contributed by atoms with Gasteiger partial charge in [0, 0.05) is 5.56 Å². The summed E-state index contributed by atoms with van der Waals surface area (Å²) in [6.07, 6.45) is 0. The zero-order valence-electron chi connectivity index (χ0n) is 16.1. The number of benzene rings is 3. The van der Waals surface area contributed by atoms with E-state index in [1.807, 2.05) is 30.3 Å². The van der Waals surface area contributed by atoms with E-state index in [0.29, 0.717) is 35.7 Å². The topological polar surface area (TPSA) is 76.7 Å². The number of hydrogen-bond acceptors (Lipinski definition) is 4. The van der Waals surface area contributed by atoms with Crippen LogP contribution in [-0.2, 0) is 0 Å². The van der Waals surface area contributed by atoms with E-state index in [4.69, 9.17) is 9.47 Å². The minimum absolute atomic E-state index is 0.285. The molecule has 0 aliphatic heterocycles. The molecule has 2 amide bonds. The highest BCUT2D eigenvalue weighted by Crippen LogP contribution is 2.18. The van der Waals surface area contributed by atoms with Crippen LogP contribution in [-0.4, -0.2) is 32.1 Å². The Kier molecular flexibility index (Phi) is 6.84. The maximum atomic E-state index is 12.5. The molecule has 0 unspecified atom stereocenters. The molecule has 0 aromatic heterocycles. The van der Waals surface area contributed by atoms with Crippen molar-refractivity contribution < 1.29 is 19.1 Å². The summed E-state index contributed by atoms with van der Waals surface area (Å²) in [6.45, 7) is 0.685. The highest BCUT2D eigenvalue weighted by molar-refractivity contribution is 6.09. The normalized spacial score (nSPS) is 10.1. The van der Waals surface area contributed by atoms with Crippen LogP contribution in [0.15, 0.2) is 78.9 Å². The van der Waals surface area contributed by atoms with Gasteiger partial charge >= 0.3 is 0 Å². The van der Waals surface area contributed by atoms with Crippen LogP contribution in [0.25, 0.3) is 0 Å². The molecule has 0 saturated heterocycles. The zero-order valence-corrected chi connectivity index (χ0v) is 16.1. The molecule has 3 rings (SSSR count). The Hall–Kier alpha value is -3.80. The van der Waals surface area contributed by atoms with E-state index in [9.17, 15) is 9.59 Å². The summed E-state index contributed by atoms with van der Waals surface area (Å²) >= 11 is 0. The SMILES string of the molecule is COc1ccc(C(=O)Nc2ccccc2C(=O)NCCOc2ccccc2)cc1. The van der Waals surface area contributed by atoms with Crippen LogP contribution in [0.3, 0.4) is 0 Å². The maximum absolute atomic E-state index is 12.5. The number of amides is 2. The highest BCUT2D eigenvalue weighted by Gasteiger charge is 2.14. The van der Waals surface area contributed by atoms with Gasteiger partial charge in [-0.1, -0.05) is 30.3 Å². The van der Waals surface area contributed by atoms with Gasteiger partial charge in [-0.2, -0.15) is 0 Å². The van der Waals surface area contributed by atoms with E-state index in [0.717, 1.165) is 5.75 Å². The molecule has 0 saturated carbocycles. The molecule has 2 N–H and O–H groups in total. The Labute approximate surface area is 169 Å². The number of carbonyl (C=O) groups excluding carboxylic acids is 2. The molecule has 0 heterocycles. The van der Waals surface area contributed by atoms with Gasteiger partial charge in [0.1, 0.15) is 18.1 Å². The largest absolute Gasteiger partial charge is 0.497 e. The molecule has 0 fully saturated rings. The third-order valence-corrected chi connectivity index (χ3v) is 4.17. The van der Waals surface area contributed by atoms with Crippen LogP contribution < -0.4 is 20.1 Å². The standard InChI is InChI=1S/C23H22N2O4/c1-28-18-13-11-17(12-14-18)22(26)25-21-10-6-5-9-20(21)23(27)24-15-16-29-19-7-3-2-4-8-19/h2-14H,15-16H2,1H3,(H,24,27)(H,25,26). The molecule has 3 aromatic carbocycles. The average molecular weight is 390 g/mol. The van der Waals surface area contributed by atoms with Crippen molar-refractivity contribution in [1.82, 2.24) is 5.32 Å². The smallest absolute Gasteiger partial charge is 0.255 e. The van der Waals surface area contributed by atoms with Crippen molar-refractivity contribution in [2.75, 3.05) is 25.6 Å². The molecule has 148 valence electrons. The first-order valence-electron chi connectivity index (χ1n) is 9.18. The molecule has 3 aromatic rings. The van der Waals surface area contributed by atoms with Crippen LogP contribution in [0.4, 0.5) is 5.69 Å². The summed E-state index contributed by atoms with van der Waals surface area (Å²) in [5.74, 6) is 0.820. The summed E-state index contributed by atoms with van der Waals surface area (Å²) in [6, 6.07) is 23.0. The van der Waals surface area contributed by atoms with Crippen LogP contribution in [0.1, 0.15) is 20.7 Å². The van der Waals surface area contributed by atoms with Crippen LogP contribution in [0.5, 0.6) is 11.5 Å². The molecule has 0 aliphatic rings. The minimum atomic E-state index is -0.305. The van der Waals surface area contributed by atoms with E-state index < -0.39 is 0 Å². The van der Waals surface area contributed by atoms with Gasteiger partial charge in [0.2, 0.25) is 0 Å². The molecule has 0 aliphatic carbocycles. The molecule has 6 nitrogen and oxygen atoms in total. The van der Waals surface area contributed by atoms with Crippen LogP contribution in [0.2, 0.25) is 0 Å². The van der Waals surface area contributed by atoms with Gasteiger partial charge in [-0.05, 0) is 48.5 Å². The molecule has 0 atom stereocenters. The Morgan fingerprint density at radius 1 is 0.793 bits per heavy atom. The van der Waals surface area contributed by atoms with Crippen molar-refractivity contribution in [3.63, 3.8) is 0 Å². The highest BCUT2D eigenvalue weighted by atomic mass is 16.5. The minimum Gasteiger partial charge on any atom is -0.497 e. The molecular weight excluding hydrogens is 368 g/mol. The Bertz CT molecular complexity index is 956. The van der Waals surface area contributed by atoms with Crippen molar-refractivity contribution in [2.24, 2.45) is 0 Å². The van der Waals surface area contributed by atoms with Gasteiger partial charge in [-0.25, -0.2) is 0 Å². The number of rotatable bonds is 8. The maximum Gasteiger partial charge on any atom is 0.255 e. The predicted molar refractivity (Wildman–Crippen MR) is 112 cm³/mol. The second-order valence-corrected chi connectivity index (χ2v) is 6.15. The van der Waals surface area contributed by atoms with Crippen molar-refractivity contribution in [2.45, 2.75) is 0 Å². The van der Waals surface area contributed by atoms with E-state index in [1.165, 1.54) is 0 Å². The molecular formula is C23H22N2O4. The zero-order chi connectivity index (χ0) is 20.5. The Balaban J connectivity index is 1.58. The number of anilines is 1. The second-order valence-electron chi connectivity index (χ2n) is 6.15. The van der Waals surface area contributed by atoms with Crippen molar-refractivity contribution in [3.8, 4) is 11.5 Å². The fourth-order valence-electron chi connectivity index (χ4n) is 2.67. The first-order chi connectivity index (χ1) is 14.2. The fraction of sp³-hybridized carbons (Fsp3) is 0.130. The first kappa shape index (κ1) is 19.9. The van der Waals surface area contributed by atoms with Gasteiger partial charge in [-0.3, -0.25) is 9.59 Å². The van der Waals surface area contributed by atoms with Gasteiger partial charge in [0.25, 0.3) is 11.8 Å². The van der Waals surface area contributed by atoms with Crippen LogP contribution in [0, 0.1) is 0 Å². The van der Waals surface area contributed by atoms with Gasteiger partial charge in [0.15, 0.2) is 0 Å². The van der Waals surface area contributed by atoms with Gasteiger partial charge in [0.05, 0.1) is 24.9 Å². The summed E-state index contributed by atoms with van der Waals surface area (Å²) in [5, 5.41) is 5.60. The average Bonchev–Trinajstić information content (AvgIpc) is 2.77. The summed E-state index contributed by atoms with van der Waals surface area (Å²) in [5.41, 5.74) is 1.29. The molecule has 29 heavy (non-hydrogen) atoms. The summed E-state index contributed by atoms with van der Waals surface area (Å²) in [7, 11) is 1.56. The third kappa shape index (κ3) is 5.59. The predicted octanol–water partition coefficient (Wildman–Crippen LogP) is 3.76. The molecule has 6 heteroatoms. The van der Waals surface area contributed by atoms with Crippen molar-refractivity contribution >= 4 is 17.5 Å². The lowest BCUT2D eigenvalue weighted by molar-refractivity contribution is 0.0948. The summed E-state index contributed by atoms with van der Waals surface area (Å²) in [4.78, 5) is 25.0. The van der Waals surface area contributed by atoms with E-state index in [2.05, 4.69) is 10.6 Å². The van der Waals surface area contributed by atoms with E-state index >= 15 is 0 Å². The third-order valence-electron chi connectivity index (χ3n) is 4.17. The lowest BCUT2D eigenvalue weighted by Crippen LogP contribution is -2.29. The molecule has 0 spiro atoms. The van der Waals surface area contributed by atoms with Gasteiger partial charge < -0.3 is 20.1 Å². The number of carbonyl (C=O) groups is 2. The number of methoxy groups -OCH3 is 1. The molecule has 0 radical (unpaired) electrons. The quantitative estimate of drug-likeness (QED) is 0.574. The monoisotopic (exact) mass is 390 g/mol. The fourth-order valence-corrected chi connectivity index (χ4v) is 2.67. The number of para-hydroxylation sites is 2. The summed E-state index contributed by atoms with van der Waals surface area (Å²) < 4.78 is 10.7. The van der Waals surface area contributed by atoms with Crippen LogP contribution >= 0.6 is 0 Å². The lowest BCUT2D eigenvalue weighted by Gasteiger charge is -2.12. The Morgan fingerprint density at radius 2 is 1.48 bits per heavy atom. The number of nitrogens with one attached hydrogen (secondary N) is 2. The van der Waals surface area contributed by atoms with Crippen molar-refractivity contribution in [1.29, 1.82) is 0 Å². The number of ether oxygens (including phenoxy) is 2. The number of hydrogen-bond donors (Lipinski definition) is 2. The lowest BCUT2D eigenvalue weighted by atomic mass is 10.1. The second kappa shape index (κ2) is 9.94. The van der Waals surface area contributed by atoms with E-state index in [-0.39, 0.29) is 11.8 Å². The molecule has 0 bridgehead atoms. The van der Waals surface area contributed by atoms with E-state index in [1.54, 1.807) is 55.6 Å². The Morgan fingerprint density at radius 3 is 2.21 bits per heavy atom. The van der Waals surface area contributed by atoms with Crippen molar-refractivity contribution in [3.05, 3.63) is 90.0 Å².